The second kappa shape index (κ2) is 6.60. The number of hydrogen-bond acceptors (Lipinski definition) is 4. The Hall–Kier alpha value is -0.370. The second-order valence-corrected chi connectivity index (χ2v) is 7.98. The SMILES string of the molecule is CCS(=O)(=O)N(C)CC(=O)N1CC2CCC(N)C2C1.Cl. The monoisotopic (exact) mass is 325 g/mol. The van der Waals surface area contributed by atoms with E-state index in [1.807, 2.05) is 0 Å². The van der Waals surface area contributed by atoms with Gasteiger partial charge in [-0.25, -0.2) is 8.42 Å². The molecular formula is C12H24ClN3O3S. The molecule has 0 radical (unpaired) electrons. The molecule has 1 amide bonds. The van der Waals surface area contributed by atoms with Crippen LogP contribution in [0.2, 0.25) is 0 Å². The molecule has 1 aliphatic heterocycles. The van der Waals surface area contributed by atoms with Gasteiger partial charge in [-0.1, -0.05) is 0 Å². The summed E-state index contributed by atoms with van der Waals surface area (Å²) < 4.78 is 24.4. The number of nitrogens with two attached hydrogens (primary N) is 1. The van der Waals surface area contributed by atoms with Gasteiger partial charge in [-0.3, -0.25) is 4.79 Å². The molecule has 2 aliphatic rings. The first-order valence-electron chi connectivity index (χ1n) is 6.82. The Balaban J connectivity index is 0.00000200. The fraction of sp³-hybridized carbons (Fsp3) is 0.917. The Labute approximate surface area is 127 Å². The lowest BCUT2D eigenvalue weighted by molar-refractivity contribution is -0.130. The van der Waals surface area contributed by atoms with Crippen molar-refractivity contribution in [2.75, 3.05) is 32.4 Å². The van der Waals surface area contributed by atoms with Crippen molar-refractivity contribution < 1.29 is 13.2 Å². The van der Waals surface area contributed by atoms with Gasteiger partial charge in [0.15, 0.2) is 0 Å². The predicted molar refractivity (Wildman–Crippen MR) is 80.1 cm³/mol. The van der Waals surface area contributed by atoms with E-state index in [1.165, 1.54) is 7.05 Å². The summed E-state index contributed by atoms with van der Waals surface area (Å²) in [4.78, 5) is 13.9. The number of likely N-dealkylation sites (tertiary alicyclic amines) is 1. The normalized spacial score (nSPS) is 29.4. The van der Waals surface area contributed by atoms with E-state index in [0.717, 1.165) is 23.7 Å². The third-order valence-corrected chi connectivity index (χ3v) is 6.27. The van der Waals surface area contributed by atoms with E-state index in [4.69, 9.17) is 5.73 Å². The van der Waals surface area contributed by atoms with Crippen molar-refractivity contribution in [3.63, 3.8) is 0 Å². The summed E-state index contributed by atoms with van der Waals surface area (Å²) in [7, 11) is -1.83. The van der Waals surface area contributed by atoms with E-state index in [2.05, 4.69) is 0 Å². The first-order chi connectivity index (χ1) is 8.85. The first-order valence-corrected chi connectivity index (χ1v) is 8.43. The molecule has 2 N–H and O–H groups in total. The standard InChI is InChI=1S/C12H23N3O3S.ClH/c1-3-19(17,18)14(2)8-12(16)15-6-9-4-5-11(13)10(9)7-15;/h9-11H,3-8,13H2,1-2H3;1H. The highest BCUT2D eigenvalue weighted by molar-refractivity contribution is 7.89. The number of halogens is 1. The van der Waals surface area contributed by atoms with Crippen LogP contribution in [0.15, 0.2) is 0 Å². The maximum absolute atomic E-state index is 12.1. The summed E-state index contributed by atoms with van der Waals surface area (Å²) in [6.07, 6.45) is 2.13. The van der Waals surface area contributed by atoms with Crippen LogP contribution < -0.4 is 5.73 Å². The van der Waals surface area contributed by atoms with Crippen molar-refractivity contribution in [3.05, 3.63) is 0 Å². The van der Waals surface area contributed by atoms with Crippen molar-refractivity contribution in [2.45, 2.75) is 25.8 Å². The zero-order chi connectivity index (χ0) is 14.2. The second-order valence-electron chi connectivity index (χ2n) is 5.62. The topological polar surface area (TPSA) is 83.7 Å². The summed E-state index contributed by atoms with van der Waals surface area (Å²) in [5.41, 5.74) is 6.03. The number of rotatable bonds is 4. The molecule has 0 spiro atoms. The van der Waals surface area contributed by atoms with Crippen LogP contribution in [0, 0.1) is 11.8 Å². The van der Waals surface area contributed by atoms with Crippen molar-refractivity contribution in [1.82, 2.24) is 9.21 Å². The average Bonchev–Trinajstić information content (AvgIpc) is 2.92. The summed E-state index contributed by atoms with van der Waals surface area (Å²) in [5, 5.41) is 0. The Morgan fingerprint density at radius 3 is 2.55 bits per heavy atom. The number of likely N-dealkylation sites (N-methyl/N-ethyl adjacent to an activating group) is 1. The van der Waals surface area contributed by atoms with Crippen LogP contribution in [-0.2, 0) is 14.8 Å². The third-order valence-electron chi connectivity index (χ3n) is 4.46. The molecule has 1 saturated carbocycles. The van der Waals surface area contributed by atoms with Crippen molar-refractivity contribution >= 4 is 28.3 Å². The molecule has 118 valence electrons. The third kappa shape index (κ3) is 3.44. The molecule has 20 heavy (non-hydrogen) atoms. The van der Waals surface area contributed by atoms with E-state index in [1.54, 1.807) is 11.8 Å². The van der Waals surface area contributed by atoms with Crippen molar-refractivity contribution in [3.8, 4) is 0 Å². The van der Waals surface area contributed by atoms with E-state index in [-0.39, 0.29) is 36.7 Å². The number of sulfonamides is 1. The highest BCUT2D eigenvalue weighted by atomic mass is 35.5. The Kier molecular flexibility index (Phi) is 5.83. The maximum atomic E-state index is 12.1. The van der Waals surface area contributed by atoms with Crippen molar-refractivity contribution in [2.24, 2.45) is 17.6 Å². The molecule has 2 rings (SSSR count). The molecule has 2 fully saturated rings. The molecule has 1 heterocycles. The van der Waals surface area contributed by atoms with Crippen LogP contribution in [-0.4, -0.2) is 62.0 Å². The fourth-order valence-electron chi connectivity index (χ4n) is 3.12. The van der Waals surface area contributed by atoms with Gasteiger partial charge in [0, 0.05) is 26.2 Å². The van der Waals surface area contributed by atoms with E-state index in [9.17, 15) is 13.2 Å². The average molecular weight is 326 g/mol. The number of carbonyl (C=O) groups is 1. The van der Waals surface area contributed by atoms with E-state index in [0.29, 0.717) is 18.4 Å². The highest BCUT2D eigenvalue weighted by Crippen LogP contribution is 2.37. The molecule has 8 heteroatoms. The molecular weight excluding hydrogens is 302 g/mol. The number of amides is 1. The molecule has 1 aliphatic carbocycles. The van der Waals surface area contributed by atoms with Crippen LogP contribution >= 0.6 is 12.4 Å². The van der Waals surface area contributed by atoms with Crippen LogP contribution in [0.1, 0.15) is 19.8 Å². The van der Waals surface area contributed by atoms with Gasteiger partial charge in [0.25, 0.3) is 0 Å². The van der Waals surface area contributed by atoms with E-state index < -0.39 is 10.0 Å². The largest absolute Gasteiger partial charge is 0.341 e. The summed E-state index contributed by atoms with van der Waals surface area (Å²) in [6, 6.07) is 0.194. The number of nitrogens with zero attached hydrogens (tertiary/aromatic N) is 2. The highest BCUT2D eigenvalue weighted by Gasteiger charge is 2.42. The summed E-state index contributed by atoms with van der Waals surface area (Å²) in [5.74, 6) is 0.817. The van der Waals surface area contributed by atoms with Gasteiger partial charge in [0.2, 0.25) is 15.9 Å². The number of carbonyl (C=O) groups excluding carboxylic acids is 1. The van der Waals surface area contributed by atoms with Gasteiger partial charge < -0.3 is 10.6 Å². The Bertz CT molecular complexity index is 457. The zero-order valence-corrected chi connectivity index (χ0v) is 13.6. The molecule has 0 aromatic heterocycles. The Morgan fingerprint density at radius 1 is 1.35 bits per heavy atom. The first kappa shape index (κ1) is 17.7. The Morgan fingerprint density at radius 2 is 2.00 bits per heavy atom. The minimum Gasteiger partial charge on any atom is -0.341 e. The van der Waals surface area contributed by atoms with Crippen LogP contribution in [0.3, 0.4) is 0 Å². The quantitative estimate of drug-likeness (QED) is 0.781. The van der Waals surface area contributed by atoms with Gasteiger partial charge in [-0.2, -0.15) is 4.31 Å². The fourth-order valence-corrected chi connectivity index (χ4v) is 3.87. The van der Waals surface area contributed by atoms with Crippen LogP contribution in [0.25, 0.3) is 0 Å². The lowest BCUT2D eigenvalue weighted by Crippen LogP contribution is -2.41. The van der Waals surface area contributed by atoms with Gasteiger partial charge in [-0.15, -0.1) is 12.4 Å². The van der Waals surface area contributed by atoms with E-state index >= 15 is 0 Å². The minimum atomic E-state index is -3.29. The van der Waals surface area contributed by atoms with Crippen LogP contribution in [0.4, 0.5) is 0 Å². The molecule has 0 aromatic rings. The smallest absolute Gasteiger partial charge is 0.237 e. The number of fused-ring (bicyclic) bond motifs is 1. The zero-order valence-electron chi connectivity index (χ0n) is 12.0. The van der Waals surface area contributed by atoms with Crippen molar-refractivity contribution in [1.29, 1.82) is 0 Å². The molecule has 3 atom stereocenters. The summed E-state index contributed by atoms with van der Waals surface area (Å²) in [6.45, 7) is 2.93. The molecule has 3 unspecified atom stereocenters. The van der Waals surface area contributed by atoms with Gasteiger partial charge in [-0.05, 0) is 31.6 Å². The van der Waals surface area contributed by atoms with Gasteiger partial charge in [0.05, 0.1) is 12.3 Å². The molecule has 0 bridgehead atoms. The number of hydrogen-bond donors (Lipinski definition) is 1. The van der Waals surface area contributed by atoms with Gasteiger partial charge in [0.1, 0.15) is 0 Å². The van der Waals surface area contributed by atoms with Gasteiger partial charge >= 0.3 is 0 Å². The molecule has 0 aromatic carbocycles. The lowest BCUT2D eigenvalue weighted by Gasteiger charge is -2.22. The molecule has 6 nitrogen and oxygen atoms in total. The maximum Gasteiger partial charge on any atom is 0.237 e. The minimum absolute atomic E-state index is 0. The summed E-state index contributed by atoms with van der Waals surface area (Å²) >= 11 is 0. The van der Waals surface area contributed by atoms with Crippen LogP contribution in [0.5, 0.6) is 0 Å². The lowest BCUT2D eigenvalue weighted by atomic mass is 9.98. The molecule has 1 saturated heterocycles. The predicted octanol–water partition coefficient (Wildman–Crippen LogP) is -0.115.